The van der Waals surface area contributed by atoms with Gasteiger partial charge < -0.3 is 15.6 Å². The zero-order chi connectivity index (χ0) is 17.7. The Morgan fingerprint density at radius 1 is 1.29 bits per heavy atom. The number of aryl methyl sites for hydroxylation is 1. The van der Waals surface area contributed by atoms with Crippen molar-refractivity contribution >= 4 is 11.7 Å². The first-order valence-corrected chi connectivity index (χ1v) is 7.62. The molecule has 24 heavy (non-hydrogen) atoms. The Morgan fingerprint density at radius 2 is 2.04 bits per heavy atom. The van der Waals surface area contributed by atoms with E-state index in [-0.39, 0.29) is 11.1 Å². The lowest BCUT2D eigenvalue weighted by Gasteiger charge is -2.19. The van der Waals surface area contributed by atoms with Crippen molar-refractivity contribution in [1.29, 1.82) is 0 Å². The van der Waals surface area contributed by atoms with E-state index in [1.165, 1.54) is 18.3 Å². The molecular weight excluding hydrogens is 316 g/mol. The molecule has 3 N–H and O–H groups in total. The minimum absolute atomic E-state index is 0.228. The first-order chi connectivity index (χ1) is 11.4. The number of pyridine rings is 1. The standard InChI is InChI=1S/C17H19F2N3O2/c1-3-4-15(13-6-5-11(18)8-14(13)19)22-17(24)21-12-7-10(2)16(23)20-9-12/h5-9,15H,3-4H2,1-2H3,(H,20,23)(H2,21,22,24)/t15-/m1/s1. The number of anilines is 1. The average Bonchev–Trinajstić information content (AvgIpc) is 2.50. The number of H-pyrrole nitrogens is 1. The first-order valence-electron chi connectivity index (χ1n) is 7.62. The largest absolute Gasteiger partial charge is 0.331 e. The Morgan fingerprint density at radius 3 is 2.67 bits per heavy atom. The van der Waals surface area contributed by atoms with Crippen molar-refractivity contribution in [2.24, 2.45) is 0 Å². The van der Waals surface area contributed by atoms with E-state index in [0.717, 1.165) is 12.1 Å². The van der Waals surface area contributed by atoms with Gasteiger partial charge in [0, 0.05) is 23.4 Å². The maximum absolute atomic E-state index is 13.9. The third-order valence-electron chi connectivity index (χ3n) is 3.57. The summed E-state index contributed by atoms with van der Waals surface area (Å²) in [6, 6.07) is 3.69. The predicted octanol–water partition coefficient (Wildman–Crippen LogP) is 3.62. The van der Waals surface area contributed by atoms with Gasteiger partial charge in [-0.2, -0.15) is 0 Å². The fraction of sp³-hybridized carbons (Fsp3) is 0.294. The zero-order valence-corrected chi connectivity index (χ0v) is 13.5. The van der Waals surface area contributed by atoms with Gasteiger partial charge in [0.15, 0.2) is 0 Å². The summed E-state index contributed by atoms with van der Waals surface area (Å²) in [5, 5.41) is 5.26. The number of carbonyl (C=O) groups is 1. The minimum atomic E-state index is -0.700. The monoisotopic (exact) mass is 335 g/mol. The van der Waals surface area contributed by atoms with E-state index in [2.05, 4.69) is 15.6 Å². The van der Waals surface area contributed by atoms with Gasteiger partial charge in [-0.25, -0.2) is 13.6 Å². The Labute approximate surface area is 138 Å². The van der Waals surface area contributed by atoms with Gasteiger partial charge in [-0.15, -0.1) is 0 Å². The van der Waals surface area contributed by atoms with Gasteiger partial charge in [0.1, 0.15) is 11.6 Å². The second kappa shape index (κ2) is 7.72. The Balaban J connectivity index is 2.13. The van der Waals surface area contributed by atoms with Crippen LogP contribution in [0.5, 0.6) is 0 Å². The van der Waals surface area contributed by atoms with Gasteiger partial charge in [-0.05, 0) is 25.5 Å². The van der Waals surface area contributed by atoms with E-state index < -0.39 is 23.7 Å². The van der Waals surface area contributed by atoms with E-state index in [9.17, 15) is 18.4 Å². The molecule has 0 aliphatic heterocycles. The number of carbonyl (C=O) groups excluding carboxylic acids is 1. The van der Waals surface area contributed by atoms with Crippen molar-refractivity contribution < 1.29 is 13.6 Å². The molecule has 1 atom stereocenters. The summed E-state index contributed by atoms with van der Waals surface area (Å²) in [5.74, 6) is -1.37. The highest BCUT2D eigenvalue weighted by atomic mass is 19.1. The third kappa shape index (κ3) is 4.41. The van der Waals surface area contributed by atoms with Crippen molar-refractivity contribution in [1.82, 2.24) is 10.3 Å². The molecule has 5 nitrogen and oxygen atoms in total. The summed E-state index contributed by atoms with van der Waals surface area (Å²) in [5.41, 5.74) is 0.867. The molecule has 0 saturated carbocycles. The smallest absolute Gasteiger partial charge is 0.319 e. The van der Waals surface area contributed by atoms with Crippen LogP contribution in [0.15, 0.2) is 35.3 Å². The van der Waals surface area contributed by atoms with Crippen LogP contribution in [-0.2, 0) is 0 Å². The molecule has 0 unspecified atom stereocenters. The van der Waals surface area contributed by atoms with Crippen LogP contribution in [0.1, 0.15) is 36.9 Å². The van der Waals surface area contributed by atoms with Crippen LogP contribution in [0.25, 0.3) is 0 Å². The van der Waals surface area contributed by atoms with Crippen molar-refractivity contribution in [3.63, 3.8) is 0 Å². The summed E-state index contributed by atoms with van der Waals surface area (Å²) < 4.78 is 27.0. The molecule has 0 radical (unpaired) electrons. The van der Waals surface area contributed by atoms with E-state index in [1.807, 2.05) is 6.92 Å². The average molecular weight is 335 g/mol. The summed E-state index contributed by atoms with van der Waals surface area (Å²) in [7, 11) is 0. The molecule has 128 valence electrons. The summed E-state index contributed by atoms with van der Waals surface area (Å²) >= 11 is 0. The van der Waals surface area contributed by atoms with Gasteiger partial charge in [0.2, 0.25) is 0 Å². The molecular formula is C17H19F2N3O2. The molecule has 0 spiro atoms. The lowest BCUT2D eigenvalue weighted by Crippen LogP contribution is -2.33. The summed E-state index contributed by atoms with van der Waals surface area (Å²) in [4.78, 5) is 25.9. The van der Waals surface area contributed by atoms with Gasteiger partial charge in [-0.3, -0.25) is 4.79 Å². The Kier molecular flexibility index (Phi) is 5.68. The molecule has 0 aliphatic carbocycles. The molecule has 1 heterocycles. The molecule has 1 aromatic heterocycles. The second-order valence-electron chi connectivity index (χ2n) is 5.51. The van der Waals surface area contributed by atoms with Crippen molar-refractivity contribution in [3.8, 4) is 0 Å². The fourth-order valence-electron chi connectivity index (χ4n) is 2.37. The van der Waals surface area contributed by atoms with Crippen molar-refractivity contribution in [2.45, 2.75) is 32.7 Å². The van der Waals surface area contributed by atoms with E-state index in [4.69, 9.17) is 0 Å². The predicted molar refractivity (Wildman–Crippen MR) is 88.0 cm³/mol. The number of benzene rings is 1. The fourth-order valence-corrected chi connectivity index (χ4v) is 2.37. The van der Waals surface area contributed by atoms with Gasteiger partial charge in [0.25, 0.3) is 5.56 Å². The molecule has 0 saturated heterocycles. The van der Waals surface area contributed by atoms with Crippen molar-refractivity contribution in [2.75, 3.05) is 5.32 Å². The number of urea groups is 1. The molecule has 0 bridgehead atoms. The summed E-state index contributed by atoms with van der Waals surface area (Å²) in [6.45, 7) is 3.52. The number of aromatic nitrogens is 1. The van der Waals surface area contributed by atoms with Crippen LogP contribution in [0.4, 0.5) is 19.3 Å². The molecule has 1 aromatic carbocycles. The van der Waals surface area contributed by atoms with E-state index in [0.29, 0.717) is 24.1 Å². The number of rotatable bonds is 5. The van der Waals surface area contributed by atoms with Crippen molar-refractivity contribution in [3.05, 3.63) is 63.6 Å². The SMILES string of the molecule is CCC[C@@H](NC(=O)Nc1c[nH]c(=O)c(C)c1)c1ccc(F)cc1F. The molecule has 0 aliphatic rings. The van der Waals surface area contributed by atoms with Crippen LogP contribution in [0, 0.1) is 18.6 Å². The van der Waals surface area contributed by atoms with Crippen LogP contribution >= 0.6 is 0 Å². The molecule has 0 fully saturated rings. The van der Waals surface area contributed by atoms with E-state index in [1.54, 1.807) is 6.92 Å². The highest BCUT2D eigenvalue weighted by molar-refractivity contribution is 5.89. The van der Waals surface area contributed by atoms with Crippen LogP contribution < -0.4 is 16.2 Å². The highest BCUT2D eigenvalue weighted by Gasteiger charge is 2.18. The number of amides is 2. The molecule has 2 rings (SSSR count). The second-order valence-corrected chi connectivity index (χ2v) is 5.51. The Hall–Kier alpha value is -2.70. The number of hydrogen-bond acceptors (Lipinski definition) is 2. The summed E-state index contributed by atoms with van der Waals surface area (Å²) in [6.07, 6.45) is 2.59. The van der Waals surface area contributed by atoms with Crippen LogP contribution in [0.2, 0.25) is 0 Å². The minimum Gasteiger partial charge on any atom is -0.331 e. The van der Waals surface area contributed by atoms with Gasteiger partial charge in [-0.1, -0.05) is 19.4 Å². The number of hydrogen-bond donors (Lipinski definition) is 3. The lowest BCUT2D eigenvalue weighted by molar-refractivity contribution is 0.247. The zero-order valence-electron chi connectivity index (χ0n) is 13.5. The third-order valence-corrected chi connectivity index (χ3v) is 3.57. The molecule has 2 amide bonds. The van der Waals surface area contributed by atoms with Gasteiger partial charge >= 0.3 is 6.03 Å². The number of halogens is 2. The maximum Gasteiger partial charge on any atom is 0.319 e. The molecule has 7 heteroatoms. The number of nitrogens with one attached hydrogen (secondary N) is 3. The Bertz CT molecular complexity index is 790. The van der Waals surface area contributed by atoms with E-state index >= 15 is 0 Å². The number of aromatic amines is 1. The maximum atomic E-state index is 13.9. The first kappa shape index (κ1) is 17.7. The van der Waals surface area contributed by atoms with Crippen LogP contribution in [-0.4, -0.2) is 11.0 Å². The van der Waals surface area contributed by atoms with Crippen LogP contribution in [0.3, 0.4) is 0 Å². The van der Waals surface area contributed by atoms with Gasteiger partial charge in [0.05, 0.1) is 11.7 Å². The highest BCUT2D eigenvalue weighted by Crippen LogP contribution is 2.22. The lowest BCUT2D eigenvalue weighted by atomic mass is 10.0. The quantitative estimate of drug-likeness (QED) is 0.781. The topological polar surface area (TPSA) is 74.0 Å². The molecule has 2 aromatic rings. The normalized spacial score (nSPS) is 11.8.